The lowest BCUT2D eigenvalue weighted by Gasteiger charge is -2.28. The molecule has 3 nitrogen and oxygen atoms in total. The van der Waals surface area contributed by atoms with Gasteiger partial charge in [-0.15, -0.1) is 0 Å². The van der Waals surface area contributed by atoms with Crippen molar-refractivity contribution in [2.24, 2.45) is 11.8 Å². The van der Waals surface area contributed by atoms with Crippen LogP contribution in [-0.4, -0.2) is 46.3 Å². The van der Waals surface area contributed by atoms with Crippen molar-refractivity contribution in [1.82, 2.24) is 0 Å². The summed E-state index contributed by atoms with van der Waals surface area (Å²) in [5.41, 5.74) is 0. The number of unbranched alkanes of at least 4 members (excludes halogenated alkanes) is 2. The second-order valence-corrected chi connectivity index (χ2v) is 9.57. The molecular formula is C19H34O3S2. The van der Waals surface area contributed by atoms with Crippen LogP contribution in [0.2, 0.25) is 0 Å². The molecular weight excluding hydrogens is 340 g/mol. The third-order valence-electron chi connectivity index (χ3n) is 5.35. The summed E-state index contributed by atoms with van der Waals surface area (Å²) in [7, 11) is 0. The van der Waals surface area contributed by atoms with Crippen molar-refractivity contribution in [3.63, 3.8) is 0 Å². The molecule has 140 valence electrons. The van der Waals surface area contributed by atoms with Crippen LogP contribution in [0.5, 0.6) is 0 Å². The number of fused-ring (bicyclic) bond motifs is 2. The molecule has 2 fully saturated rings. The molecule has 0 radical (unpaired) electrons. The van der Waals surface area contributed by atoms with Crippen molar-refractivity contribution >= 4 is 29.5 Å². The quantitative estimate of drug-likeness (QED) is 0.430. The molecule has 0 unspecified atom stereocenters. The number of thioether (sulfide) groups is 2. The summed E-state index contributed by atoms with van der Waals surface area (Å²) in [6, 6.07) is 0. The first-order valence-corrected chi connectivity index (χ1v) is 12.1. The van der Waals surface area contributed by atoms with Crippen molar-refractivity contribution in [1.29, 1.82) is 0 Å². The smallest absolute Gasteiger partial charge is 0.303 e. The molecule has 0 amide bonds. The number of carboxylic acid groups (broad SMARTS) is 1. The predicted molar refractivity (Wildman–Crippen MR) is 105 cm³/mol. The van der Waals surface area contributed by atoms with Gasteiger partial charge in [0.1, 0.15) is 0 Å². The Morgan fingerprint density at radius 3 is 2.08 bits per heavy atom. The average molecular weight is 375 g/mol. The Morgan fingerprint density at radius 1 is 0.958 bits per heavy atom. The molecule has 2 saturated heterocycles. The average Bonchev–Trinajstić information content (AvgIpc) is 3.15. The third-order valence-corrected chi connectivity index (χ3v) is 7.56. The minimum Gasteiger partial charge on any atom is -0.481 e. The van der Waals surface area contributed by atoms with E-state index >= 15 is 0 Å². The summed E-state index contributed by atoms with van der Waals surface area (Å²) < 4.78 is 6.21. The molecule has 4 atom stereocenters. The lowest BCUT2D eigenvalue weighted by molar-refractivity contribution is -0.137. The zero-order valence-corrected chi connectivity index (χ0v) is 16.7. The summed E-state index contributed by atoms with van der Waals surface area (Å²) in [6.45, 7) is 2.26. The number of carboxylic acids is 1. The Kier molecular flexibility index (Phi) is 9.96. The second kappa shape index (κ2) is 11.7. The minimum atomic E-state index is -0.668. The monoisotopic (exact) mass is 374 g/mol. The van der Waals surface area contributed by atoms with Gasteiger partial charge in [-0.2, -0.15) is 23.5 Å². The molecule has 2 aliphatic rings. The minimum absolute atomic E-state index is 0.318. The summed E-state index contributed by atoms with van der Waals surface area (Å²) in [5, 5.41) is 8.65. The number of ether oxygens (including phenoxy) is 1. The van der Waals surface area contributed by atoms with Crippen molar-refractivity contribution in [2.45, 2.75) is 76.9 Å². The molecule has 2 aliphatic heterocycles. The Labute approximate surface area is 156 Å². The second-order valence-electron chi connectivity index (χ2n) is 7.12. The van der Waals surface area contributed by atoms with Crippen molar-refractivity contribution in [3.05, 3.63) is 0 Å². The first-order valence-electron chi connectivity index (χ1n) is 9.75. The van der Waals surface area contributed by atoms with Gasteiger partial charge in [-0.05, 0) is 79.8 Å². The summed E-state index contributed by atoms with van der Waals surface area (Å²) in [4.78, 5) is 10.5. The Balaban J connectivity index is 1.58. The van der Waals surface area contributed by atoms with Gasteiger partial charge in [0.05, 0.1) is 12.2 Å². The highest BCUT2D eigenvalue weighted by atomic mass is 32.2. The maximum absolute atomic E-state index is 10.5. The van der Waals surface area contributed by atoms with Gasteiger partial charge >= 0.3 is 5.97 Å². The van der Waals surface area contributed by atoms with E-state index in [1.807, 2.05) is 11.8 Å². The first-order chi connectivity index (χ1) is 11.7. The SMILES string of the molecule is CCCCSCC[C@H]1[C@@H](CCSCCCCC(=O)O)[C@H]2CC[C@@H]1O2. The molecule has 2 rings (SSSR count). The van der Waals surface area contributed by atoms with Gasteiger partial charge in [0.25, 0.3) is 0 Å². The standard InChI is InChI=1S/C19H34O3S2/c1-2-3-11-23-13-9-15-16(18-8-7-17(15)22-18)10-14-24-12-5-4-6-19(20)21/h15-18H,2-14H2,1H3,(H,20,21)/t15-,16+,17-,18+/m0/s1. The number of hydrogen-bond donors (Lipinski definition) is 1. The number of aliphatic carboxylic acids is 1. The van der Waals surface area contributed by atoms with E-state index in [9.17, 15) is 4.79 Å². The molecule has 0 aromatic rings. The van der Waals surface area contributed by atoms with Crippen LogP contribution < -0.4 is 0 Å². The molecule has 0 spiro atoms. The van der Waals surface area contributed by atoms with Gasteiger partial charge in [0.2, 0.25) is 0 Å². The zero-order valence-electron chi connectivity index (χ0n) is 15.1. The van der Waals surface area contributed by atoms with Crippen LogP contribution in [0.4, 0.5) is 0 Å². The molecule has 0 saturated carbocycles. The van der Waals surface area contributed by atoms with Crippen LogP contribution in [-0.2, 0) is 9.53 Å². The van der Waals surface area contributed by atoms with Crippen LogP contribution >= 0.6 is 23.5 Å². The fourth-order valence-electron chi connectivity index (χ4n) is 4.04. The highest BCUT2D eigenvalue weighted by Gasteiger charge is 2.47. The third kappa shape index (κ3) is 6.80. The zero-order chi connectivity index (χ0) is 17.2. The molecule has 1 N–H and O–H groups in total. The highest BCUT2D eigenvalue weighted by molar-refractivity contribution is 7.99. The van der Waals surface area contributed by atoms with Gasteiger partial charge in [-0.1, -0.05) is 13.3 Å². The van der Waals surface area contributed by atoms with E-state index in [4.69, 9.17) is 9.84 Å². The fourth-order valence-corrected chi connectivity index (χ4v) is 6.23. The Hall–Kier alpha value is 0.130. The van der Waals surface area contributed by atoms with Gasteiger partial charge in [-0.3, -0.25) is 4.79 Å². The largest absolute Gasteiger partial charge is 0.481 e. The van der Waals surface area contributed by atoms with Gasteiger partial charge in [0, 0.05) is 6.42 Å². The van der Waals surface area contributed by atoms with Crippen LogP contribution in [0.1, 0.15) is 64.7 Å². The normalized spacial score (nSPS) is 28.5. The topological polar surface area (TPSA) is 46.5 Å². The lowest BCUT2D eigenvalue weighted by atomic mass is 9.76. The van der Waals surface area contributed by atoms with Crippen LogP contribution in [0.3, 0.4) is 0 Å². The number of hydrogen-bond acceptors (Lipinski definition) is 4. The van der Waals surface area contributed by atoms with Crippen molar-refractivity contribution < 1.29 is 14.6 Å². The fraction of sp³-hybridized carbons (Fsp3) is 0.947. The van der Waals surface area contributed by atoms with Crippen molar-refractivity contribution in [2.75, 3.05) is 23.0 Å². The Bertz CT molecular complexity index is 365. The highest BCUT2D eigenvalue weighted by Crippen LogP contribution is 2.47. The van der Waals surface area contributed by atoms with E-state index in [-0.39, 0.29) is 0 Å². The van der Waals surface area contributed by atoms with Gasteiger partial charge in [-0.25, -0.2) is 0 Å². The predicted octanol–water partition coefficient (Wildman–Crippen LogP) is 5.08. The molecule has 2 heterocycles. The van der Waals surface area contributed by atoms with E-state index in [1.54, 1.807) is 0 Å². The van der Waals surface area contributed by atoms with Crippen LogP contribution in [0.15, 0.2) is 0 Å². The lowest BCUT2D eigenvalue weighted by Crippen LogP contribution is -2.28. The van der Waals surface area contributed by atoms with E-state index in [1.165, 1.54) is 55.8 Å². The summed E-state index contributed by atoms with van der Waals surface area (Å²) in [6.07, 6.45) is 11.1. The molecule has 5 heteroatoms. The molecule has 0 aliphatic carbocycles. The molecule has 24 heavy (non-hydrogen) atoms. The van der Waals surface area contributed by atoms with Gasteiger partial charge in [0.15, 0.2) is 0 Å². The summed E-state index contributed by atoms with van der Waals surface area (Å²) >= 11 is 4.13. The first kappa shape index (κ1) is 20.4. The van der Waals surface area contributed by atoms with Crippen LogP contribution in [0.25, 0.3) is 0 Å². The number of rotatable bonds is 14. The van der Waals surface area contributed by atoms with Gasteiger partial charge < -0.3 is 9.84 Å². The number of carbonyl (C=O) groups is 1. The maximum Gasteiger partial charge on any atom is 0.303 e. The van der Waals surface area contributed by atoms with E-state index in [0.717, 1.165) is 30.4 Å². The molecule has 2 bridgehead atoms. The van der Waals surface area contributed by atoms with E-state index in [2.05, 4.69) is 18.7 Å². The summed E-state index contributed by atoms with van der Waals surface area (Å²) in [5.74, 6) is 5.84. The molecule has 0 aromatic heterocycles. The van der Waals surface area contributed by atoms with Crippen LogP contribution in [0, 0.1) is 11.8 Å². The molecule has 0 aromatic carbocycles. The maximum atomic E-state index is 10.5. The van der Waals surface area contributed by atoms with E-state index in [0.29, 0.717) is 18.6 Å². The van der Waals surface area contributed by atoms with Crippen molar-refractivity contribution in [3.8, 4) is 0 Å². The Morgan fingerprint density at radius 2 is 1.54 bits per heavy atom. The van der Waals surface area contributed by atoms with E-state index < -0.39 is 5.97 Å².